The zero-order valence-electron chi connectivity index (χ0n) is 14.1. The van der Waals surface area contributed by atoms with Crippen molar-refractivity contribution in [3.63, 3.8) is 0 Å². The molecule has 128 valence electrons. The Morgan fingerprint density at radius 2 is 2.28 bits per heavy atom. The van der Waals surface area contributed by atoms with Gasteiger partial charge in [0.25, 0.3) is 0 Å². The second-order valence-electron chi connectivity index (χ2n) is 6.24. The highest BCUT2D eigenvalue weighted by atomic mass is 16.5. The lowest BCUT2D eigenvalue weighted by Gasteiger charge is -2.09. The first-order valence-corrected chi connectivity index (χ1v) is 8.37. The van der Waals surface area contributed by atoms with Gasteiger partial charge in [-0.2, -0.15) is 9.78 Å². The maximum atomic E-state index is 12.3. The first-order valence-electron chi connectivity index (χ1n) is 8.37. The van der Waals surface area contributed by atoms with Crippen LogP contribution in [0.5, 0.6) is 0 Å². The number of aromatic nitrogens is 6. The molecule has 0 unspecified atom stereocenters. The summed E-state index contributed by atoms with van der Waals surface area (Å²) < 4.78 is 5.18. The molecule has 0 aliphatic heterocycles. The summed E-state index contributed by atoms with van der Waals surface area (Å²) in [5.74, 6) is 1.56. The fourth-order valence-electron chi connectivity index (χ4n) is 3.28. The fourth-order valence-corrected chi connectivity index (χ4v) is 3.28. The summed E-state index contributed by atoms with van der Waals surface area (Å²) >= 11 is 0. The van der Waals surface area contributed by atoms with Gasteiger partial charge in [0, 0.05) is 18.4 Å². The lowest BCUT2D eigenvalue weighted by atomic mass is 9.94. The molecule has 1 aromatic carbocycles. The molecule has 2 heterocycles. The lowest BCUT2D eigenvalue weighted by Crippen LogP contribution is -2.08. The molecule has 1 atom stereocenters. The molecule has 0 bridgehead atoms. The van der Waals surface area contributed by atoms with E-state index >= 15 is 0 Å². The Bertz CT molecular complexity index is 929. The quantitative estimate of drug-likeness (QED) is 0.657. The highest BCUT2D eigenvalue weighted by molar-refractivity contribution is 5.92. The van der Waals surface area contributed by atoms with Gasteiger partial charge < -0.3 is 4.52 Å². The number of tetrazole rings is 1. The number of ketones is 1. The van der Waals surface area contributed by atoms with Crippen LogP contribution in [0.25, 0.3) is 11.4 Å². The van der Waals surface area contributed by atoms with Gasteiger partial charge in [-0.15, -0.1) is 10.2 Å². The summed E-state index contributed by atoms with van der Waals surface area (Å²) in [7, 11) is 1.65. The molecule has 0 saturated heterocycles. The number of hydrogen-bond donors (Lipinski definition) is 0. The molecule has 8 heteroatoms. The van der Waals surface area contributed by atoms with E-state index in [-0.39, 0.29) is 17.5 Å². The molecule has 0 amide bonds. The van der Waals surface area contributed by atoms with Gasteiger partial charge in [0.15, 0.2) is 0 Å². The third-order valence-electron chi connectivity index (χ3n) is 4.56. The van der Waals surface area contributed by atoms with Crippen molar-refractivity contribution in [2.45, 2.75) is 38.5 Å². The summed E-state index contributed by atoms with van der Waals surface area (Å²) in [5, 5.41) is 15.5. The zero-order chi connectivity index (χ0) is 17.4. The average Bonchev–Trinajstić information content (AvgIpc) is 3.34. The van der Waals surface area contributed by atoms with Crippen LogP contribution in [-0.2, 0) is 19.9 Å². The Morgan fingerprint density at radius 1 is 1.40 bits per heavy atom. The van der Waals surface area contributed by atoms with Crippen molar-refractivity contribution in [1.29, 1.82) is 0 Å². The van der Waals surface area contributed by atoms with Gasteiger partial charge in [0.2, 0.25) is 23.3 Å². The number of nitrogens with zero attached hydrogens (tertiary/aromatic N) is 6. The molecule has 25 heavy (non-hydrogen) atoms. The number of aryl methyl sites for hydroxylation is 3. The number of carbonyl (C=O) groups excluding carboxylic acids is 1. The standard InChI is InChI=1S/C17H18N6O2/c1-3-15-18-16(21-25-15)12-6-7-13-10(8-12)4-5-11(13)9-14(24)17-19-22-23(2)20-17/h6-8,11H,3-5,9H2,1-2H3/t11-/m0/s1. The number of rotatable bonds is 5. The predicted octanol–water partition coefficient (Wildman–Crippen LogP) is 2.13. The van der Waals surface area contributed by atoms with Crippen LogP contribution in [0.1, 0.15) is 53.3 Å². The molecular formula is C17H18N6O2. The van der Waals surface area contributed by atoms with Crippen molar-refractivity contribution in [2.24, 2.45) is 7.05 Å². The van der Waals surface area contributed by atoms with Crippen LogP contribution in [-0.4, -0.2) is 36.1 Å². The van der Waals surface area contributed by atoms with Crippen LogP contribution < -0.4 is 0 Å². The van der Waals surface area contributed by atoms with E-state index in [4.69, 9.17) is 4.52 Å². The molecule has 0 radical (unpaired) electrons. The van der Waals surface area contributed by atoms with Crippen molar-refractivity contribution >= 4 is 5.78 Å². The van der Waals surface area contributed by atoms with Crippen LogP contribution in [0, 0.1) is 0 Å². The van der Waals surface area contributed by atoms with Crippen LogP contribution in [0.4, 0.5) is 0 Å². The Morgan fingerprint density at radius 3 is 3.00 bits per heavy atom. The minimum atomic E-state index is -0.0687. The summed E-state index contributed by atoms with van der Waals surface area (Å²) in [6.07, 6.45) is 3.00. The maximum Gasteiger partial charge on any atom is 0.240 e. The predicted molar refractivity (Wildman–Crippen MR) is 87.9 cm³/mol. The third kappa shape index (κ3) is 2.95. The molecular weight excluding hydrogens is 320 g/mol. The minimum absolute atomic E-state index is 0.0687. The van der Waals surface area contributed by atoms with Gasteiger partial charge in [0.05, 0.1) is 7.05 Å². The van der Waals surface area contributed by atoms with Crippen LogP contribution >= 0.6 is 0 Å². The number of Topliss-reactive ketones (excluding diaryl/α,β-unsaturated/α-hetero) is 1. The molecule has 0 saturated carbocycles. The molecule has 0 N–H and O–H groups in total. The first-order chi connectivity index (χ1) is 12.1. The Kier molecular flexibility index (Phi) is 3.87. The second-order valence-corrected chi connectivity index (χ2v) is 6.24. The monoisotopic (exact) mass is 338 g/mol. The number of carbonyl (C=O) groups is 1. The summed E-state index contributed by atoms with van der Waals surface area (Å²) in [6, 6.07) is 6.17. The van der Waals surface area contributed by atoms with Crippen molar-refractivity contribution in [1.82, 2.24) is 30.3 Å². The second kappa shape index (κ2) is 6.19. The molecule has 1 aliphatic rings. The third-order valence-corrected chi connectivity index (χ3v) is 4.56. The van der Waals surface area contributed by atoms with Gasteiger partial charge in [0.1, 0.15) is 0 Å². The largest absolute Gasteiger partial charge is 0.339 e. The molecule has 1 aliphatic carbocycles. The van der Waals surface area contributed by atoms with E-state index < -0.39 is 0 Å². The van der Waals surface area contributed by atoms with E-state index in [0.717, 1.165) is 24.8 Å². The van der Waals surface area contributed by atoms with Crippen molar-refractivity contribution in [2.75, 3.05) is 0 Å². The van der Waals surface area contributed by atoms with Gasteiger partial charge >= 0.3 is 0 Å². The van der Waals surface area contributed by atoms with E-state index in [0.29, 0.717) is 18.1 Å². The molecule has 3 aromatic rings. The van der Waals surface area contributed by atoms with Gasteiger partial charge in [-0.3, -0.25) is 4.79 Å². The molecule has 0 fully saturated rings. The van der Waals surface area contributed by atoms with Gasteiger partial charge in [-0.05, 0) is 41.2 Å². The van der Waals surface area contributed by atoms with Crippen LogP contribution in [0.15, 0.2) is 22.7 Å². The summed E-state index contributed by atoms with van der Waals surface area (Å²) in [6.45, 7) is 1.98. The van der Waals surface area contributed by atoms with E-state index in [1.807, 2.05) is 13.0 Å². The first kappa shape index (κ1) is 15.6. The molecule has 2 aromatic heterocycles. The van der Waals surface area contributed by atoms with Crippen LogP contribution in [0.3, 0.4) is 0 Å². The fraction of sp³-hybridized carbons (Fsp3) is 0.412. The normalized spacial score (nSPS) is 16.2. The van der Waals surface area contributed by atoms with Crippen molar-refractivity contribution in [3.8, 4) is 11.4 Å². The van der Waals surface area contributed by atoms with Crippen LogP contribution in [0.2, 0.25) is 0 Å². The van der Waals surface area contributed by atoms with Crippen molar-refractivity contribution in [3.05, 3.63) is 41.0 Å². The van der Waals surface area contributed by atoms with Gasteiger partial charge in [-0.25, -0.2) is 0 Å². The van der Waals surface area contributed by atoms with E-state index in [2.05, 4.69) is 37.7 Å². The SMILES string of the molecule is CCc1nc(-c2ccc3c(c2)CC[C@H]3CC(=O)c2nnn(C)n2)no1. The van der Waals surface area contributed by atoms with Gasteiger partial charge in [-0.1, -0.05) is 24.2 Å². The van der Waals surface area contributed by atoms with Crippen molar-refractivity contribution < 1.29 is 9.32 Å². The van der Waals surface area contributed by atoms with E-state index in [9.17, 15) is 4.79 Å². The Balaban J connectivity index is 1.54. The molecule has 0 spiro atoms. The molecule has 8 nitrogen and oxygen atoms in total. The number of benzene rings is 1. The van der Waals surface area contributed by atoms with E-state index in [1.54, 1.807) is 7.05 Å². The zero-order valence-corrected chi connectivity index (χ0v) is 14.1. The molecule has 4 rings (SSSR count). The minimum Gasteiger partial charge on any atom is -0.339 e. The average molecular weight is 338 g/mol. The topological polar surface area (TPSA) is 99.6 Å². The van der Waals surface area contributed by atoms with E-state index in [1.165, 1.54) is 15.9 Å². The smallest absolute Gasteiger partial charge is 0.240 e. The maximum absolute atomic E-state index is 12.3. The number of hydrogen-bond acceptors (Lipinski definition) is 7. The Labute approximate surface area is 144 Å². The highest BCUT2D eigenvalue weighted by Crippen LogP contribution is 2.37. The lowest BCUT2D eigenvalue weighted by molar-refractivity contribution is 0.0963. The summed E-state index contributed by atoms with van der Waals surface area (Å²) in [5.41, 5.74) is 3.40. The number of fused-ring (bicyclic) bond motifs is 1. The highest BCUT2D eigenvalue weighted by Gasteiger charge is 2.27. The summed E-state index contributed by atoms with van der Waals surface area (Å²) in [4.78, 5) is 18.0. The Hall–Kier alpha value is -2.90.